The lowest BCUT2D eigenvalue weighted by atomic mass is 9.97. The van der Waals surface area contributed by atoms with Crippen molar-refractivity contribution < 1.29 is 66.4 Å². The SMILES string of the molecule is COc1cc(-c2cc(CN3CCN(Cc4ccnc(-c5cc(OC)c(OC)c(OC)c5)c4)C(C(C)C)C3=O)ccn2)cc(OC)c1OC.COc1cc(-c2cc(CN3CCN(Cc4ccnc(-c5cc(OC)c(OC)c(OC)c5)c4)[C@@H](C(C)C)C3=O)ccn2)cc(OC)c1OC.Cl.Cl.Cl. The highest BCUT2D eigenvalue weighted by Gasteiger charge is 2.38. The van der Waals surface area contributed by atoms with Crippen LogP contribution in [0, 0.1) is 11.8 Å². The third kappa shape index (κ3) is 18.0. The summed E-state index contributed by atoms with van der Waals surface area (Å²) in [4.78, 5) is 54.9. The number of hydrogen-bond donors (Lipinski definition) is 0. The molecule has 532 valence electrons. The van der Waals surface area contributed by atoms with Crippen LogP contribution in [-0.2, 0) is 35.8 Å². The van der Waals surface area contributed by atoms with E-state index >= 15 is 0 Å². The molecular formula is C74H91Cl3N8O14. The topological polar surface area (TPSA) is 209 Å². The predicted octanol–water partition coefficient (Wildman–Crippen LogP) is 12.7. The minimum absolute atomic E-state index is 0. The van der Waals surface area contributed by atoms with Crippen LogP contribution in [0.4, 0.5) is 0 Å². The third-order valence-corrected chi connectivity index (χ3v) is 17.2. The van der Waals surface area contributed by atoms with Gasteiger partial charge in [0, 0.05) is 99.4 Å². The Morgan fingerprint density at radius 3 is 0.727 bits per heavy atom. The number of hydrogen-bond acceptors (Lipinski definition) is 20. The number of aromatic nitrogens is 4. The fourth-order valence-electron chi connectivity index (χ4n) is 12.5. The zero-order valence-corrected chi connectivity index (χ0v) is 61.5. The van der Waals surface area contributed by atoms with Crippen molar-refractivity contribution in [2.45, 2.75) is 66.0 Å². The van der Waals surface area contributed by atoms with E-state index in [1.165, 1.54) is 0 Å². The fourth-order valence-corrected chi connectivity index (χ4v) is 12.5. The number of carbonyl (C=O) groups is 2. The second-order valence-electron chi connectivity index (χ2n) is 23.7. The molecule has 2 atom stereocenters. The van der Waals surface area contributed by atoms with Crippen LogP contribution in [0.3, 0.4) is 0 Å². The molecule has 2 amide bonds. The van der Waals surface area contributed by atoms with Crippen molar-refractivity contribution in [3.63, 3.8) is 0 Å². The number of nitrogens with zero attached hydrogens (tertiary/aromatic N) is 8. The number of methoxy groups -OCH3 is 12. The lowest BCUT2D eigenvalue weighted by Gasteiger charge is -2.42. The van der Waals surface area contributed by atoms with Gasteiger partial charge in [0.2, 0.25) is 34.8 Å². The van der Waals surface area contributed by atoms with Crippen molar-refractivity contribution in [3.8, 4) is 114 Å². The zero-order valence-electron chi connectivity index (χ0n) is 59.0. The largest absolute Gasteiger partial charge is 0.493 e. The van der Waals surface area contributed by atoms with Gasteiger partial charge in [0.1, 0.15) is 0 Å². The summed E-state index contributed by atoms with van der Waals surface area (Å²) in [5.41, 5.74) is 10.5. The van der Waals surface area contributed by atoms with Crippen LogP contribution in [-0.4, -0.2) is 175 Å². The van der Waals surface area contributed by atoms with Gasteiger partial charge in [0.25, 0.3) is 0 Å². The van der Waals surface area contributed by atoms with Crippen molar-refractivity contribution in [1.29, 1.82) is 0 Å². The van der Waals surface area contributed by atoms with Crippen LogP contribution in [0.15, 0.2) is 122 Å². The lowest BCUT2D eigenvalue weighted by molar-refractivity contribution is -0.145. The van der Waals surface area contributed by atoms with Crippen LogP contribution in [0.1, 0.15) is 49.9 Å². The van der Waals surface area contributed by atoms with Gasteiger partial charge >= 0.3 is 0 Å². The summed E-state index contributed by atoms with van der Waals surface area (Å²) < 4.78 is 66.3. The van der Waals surface area contributed by atoms with E-state index in [0.717, 1.165) is 80.4 Å². The van der Waals surface area contributed by atoms with Crippen LogP contribution >= 0.6 is 37.2 Å². The van der Waals surface area contributed by atoms with Crippen LogP contribution < -0.4 is 56.8 Å². The number of piperazine rings is 2. The van der Waals surface area contributed by atoms with E-state index in [0.29, 0.717) is 108 Å². The molecule has 10 rings (SSSR count). The van der Waals surface area contributed by atoms with Crippen molar-refractivity contribution in [2.24, 2.45) is 11.8 Å². The molecule has 6 heterocycles. The van der Waals surface area contributed by atoms with Crippen LogP contribution in [0.25, 0.3) is 45.0 Å². The molecule has 99 heavy (non-hydrogen) atoms. The molecule has 0 saturated carbocycles. The first kappa shape index (κ1) is 78.8. The molecule has 0 N–H and O–H groups in total. The fraction of sp³-hybridized carbons (Fsp3) is 0.378. The van der Waals surface area contributed by atoms with Crippen molar-refractivity contribution in [1.82, 2.24) is 39.5 Å². The molecule has 0 spiro atoms. The maximum absolute atomic E-state index is 14.0. The van der Waals surface area contributed by atoms with Gasteiger partial charge in [-0.15, -0.1) is 37.2 Å². The molecule has 0 aliphatic carbocycles. The number of halogens is 3. The number of benzene rings is 4. The molecule has 2 aliphatic rings. The molecule has 25 heteroatoms. The van der Waals surface area contributed by atoms with E-state index in [1.807, 2.05) is 94.7 Å². The predicted molar refractivity (Wildman–Crippen MR) is 388 cm³/mol. The van der Waals surface area contributed by atoms with Gasteiger partial charge in [-0.2, -0.15) is 0 Å². The Morgan fingerprint density at radius 2 is 0.535 bits per heavy atom. The van der Waals surface area contributed by atoms with E-state index in [9.17, 15) is 9.59 Å². The molecule has 4 aromatic carbocycles. The summed E-state index contributed by atoms with van der Waals surface area (Å²) in [5, 5.41) is 0. The molecule has 2 aliphatic heterocycles. The quantitative estimate of drug-likeness (QED) is 0.0493. The van der Waals surface area contributed by atoms with E-state index in [2.05, 4.69) is 69.6 Å². The number of rotatable bonds is 26. The van der Waals surface area contributed by atoms with E-state index in [4.69, 9.17) is 56.8 Å². The summed E-state index contributed by atoms with van der Waals surface area (Å²) >= 11 is 0. The maximum Gasteiger partial charge on any atom is 0.240 e. The second kappa shape index (κ2) is 36.6. The van der Waals surface area contributed by atoms with Crippen molar-refractivity contribution in [3.05, 3.63) is 144 Å². The zero-order chi connectivity index (χ0) is 68.7. The monoisotopic (exact) mass is 1420 g/mol. The van der Waals surface area contributed by atoms with Crippen LogP contribution in [0.5, 0.6) is 69.0 Å². The highest BCUT2D eigenvalue weighted by atomic mass is 35.5. The molecule has 2 saturated heterocycles. The van der Waals surface area contributed by atoms with Crippen molar-refractivity contribution in [2.75, 3.05) is 111 Å². The smallest absolute Gasteiger partial charge is 0.240 e. The van der Waals surface area contributed by atoms with E-state index in [1.54, 1.807) is 110 Å². The first-order valence-electron chi connectivity index (χ1n) is 31.6. The molecule has 0 radical (unpaired) electrons. The number of amides is 2. The van der Waals surface area contributed by atoms with E-state index < -0.39 is 0 Å². The number of ether oxygens (including phenoxy) is 12. The first-order valence-corrected chi connectivity index (χ1v) is 31.6. The Hall–Kier alpha value is -9.19. The molecule has 0 bridgehead atoms. The van der Waals surface area contributed by atoms with Crippen molar-refractivity contribution >= 4 is 49.0 Å². The Kier molecular flexibility index (Phi) is 29.1. The standard InChI is InChI=1S/2C37H44N4O7.3ClH/c2*1-23(2)34-37(42)41(22-25-10-12-39-29(16-25)27-19-32(45-5)36(48-8)33(20-27)46-6)14-13-40(34)21-24-9-11-38-28(15-24)26-17-30(43-3)35(47-7)31(18-26)44-4;;;/h2*9-12,15-20,23,34H,13-14,21-22H2,1-8H3;3*1H/t34-;;;;/m0..../s1. The minimum atomic E-state index is -0.270. The highest BCUT2D eigenvalue weighted by molar-refractivity contribution is 5.86. The summed E-state index contributed by atoms with van der Waals surface area (Å²) in [7, 11) is 19.0. The molecule has 22 nitrogen and oxygen atoms in total. The second-order valence-corrected chi connectivity index (χ2v) is 23.7. The molecule has 4 aromatic heterocycles. The number of carbonyl (C=O) groups excluding carboxylic acids is 2. The summed E-state index contributed by atoms with van der Waals surface area (Å²) in [6, 6.07) is 30.5. The van der Waals surface area contributed by atoms with Gasteiger partial charge in [0.05, 0.1) is 120 Å². The average molecular weight is 1420 g/mol. The maximum atomic E-state index is 14.0. The Morgan fingerprint density at radius 1 is 0.323 bits per heavy atom. The lowest BCUT2D eigenvalue weighted by Crippen LogP contribution is -2.58. The highest BCUT2D eigenvalue weighted by Crippen LogP contribution is 2.45. The summed E-state index contributed by atoms with van der Waals surface area (Å²) in [6.07, 6.45) is 7.13. The van der Waals surface area contributed by atoms with E-state index in [-0.39, 0.29) is 73.0 Å². The summed E-state index contributed by atoms with van der Waals surface area (Å²) in [6.45, 7) is 13.3. The van der Waals surface area contributed by atoms with Crippen LogP contribution in [0.2, 0.25) is 0 Å². The van der Waals surface area contributed by atoms with Gasteiger partial charge < -0.3 is 66.6 Å². The Labute approximate surface area is 599 Å². The molecule has 8 aromatic rings. The average Bonchev–Trinajstić information content (AvgIpc) is 0.819. The van der Waals surface area contributed by atoms with Gasteiger partial charge in [-0.25, -0.2) is 0 Å². The molecular weight excluding hydrogens is 1330 g/mol. The Balaban J connectivity index is 0.000000303. The van der Waals surface area contributed by atoms with Gasteiger partial charge in [0.15, 0.2) is 46.0 Å². The Bertz CT molecular complexity index is 3660. The normalized spacial score (nSPS) is 14.5. The molecule has 1 unspecified atom stereocenters. The minimum Gasteiger partial charge on any atom is -0.493 e. The van der Waals surface area contributed by atoms with Gasteiger partial charge in [-0.1, -0.05) is 27.7 Å². The third-order valence-electron chi connectivity index (χ3n) is 17.2. The van der Waals surface area contributed by atoms with Gasteiger partial charge in [-0.05, 0) is 131 Å². The van der Waals surface area contributed by atoms with Gasteiger partial charge in [-0.3, -0.25) is 39.3 Å². The number of pyridine rings is 4. The molecule has 2 fully saturated rings. The summed E-state index contributed by atoms with van der Waals surface area (Å²) in [5.74, 6) is 7.00. The first-order chi connectivity index (χ1) is 46.5.